The second-order valence-corrected chi connectivity index (χ2v) is 14.4. The van der Waals surface area contributed by atoms with Crippen LogP contribution in [0.3, 0.4) is 0 Å². The largest absolute Gasteiger partial charge is 0.459 e. The van der Waals surface area contributed by atoms with Gasteiger partial charge in [-0.15, -0.1) is 6.58 Å². The van der Waals surface area contributed by atoms with Crippen LogP contribution >= 0.6 is 0 Å². The highest BCUT2D eigenvalue weighted by Crippen LogP contribution is 2.62. The van der Waals surface area contributed by atoms with Gasteiger partial charge < -0.3 is 38.9 Å². The molecule has 6 rings (SSSR count). The number of rotatable bonds is 18. The molecule has 292 valence electrons. The predicted octanol–water partition coefficient (Wildman–Crippen LogP) is 7.82. The number of hydrogen-bond acceptors (Lipinski definition) is 10. The number of carbonyl (C=O) groups is 2. The first-order valence-electron chi connectivity index (χ1n) is 19.2. The number of allylic oxidation sites excluding steroid dienone is 1. The minimum atomic E-state index is -1.39. The highest BCUT2D eigenvalue weighted by Gasteiger charge is 2.65. The Balaban J connectivity index is 1.51. The van der Waals surface area contributed by atoms with Crippen LogP contribution < -0.4 is 9.47 Å². The second-order valence-electron chi connectivity index (χ2n) is 14.4. The molecule has 11 nitrogen and oxygen atoms in total. The van der Waals surface area contributed by atoms with E-state index in [9.17, 15) is 19.8 Å². The Kier molecular flexibility index (Phi) is 13.4. The maximum Gasteiger partial charge on any atom is 0.410 e. The van der Waals surface area contributed by atoms with E-state index in [0.717, 1.165) is 48.7 Å². The predicted molar refractivity (Wildman–Crippen MR) is 208 cm³/mol. The Morgan fingerprint density at radius 2 is 1.76 bits per heavy atom. The maximum absolute atomic E-state index is 14.0. The third kappa shape index (κ3) is 8.64. The maximum atomic E-state index is 14.0. The molecule has 0 aromatic heterocycles. The summed E-state index contributed by atoms with van der Waals surface area (Å²) in [6.45, 7) is 4.40. The van der Waals surface area contributed by atoms with Gasteiger partial charge in [0.15, 0.2) is 0 Å². The SMILES string of the molecule is C=CCOC12Oc3ccc(Oc4cccc(C=O)c4)cc3C3C(CCCCO)C(CCCCO)C=C(C(=NOC)CC1N(C)C(=O)OCc1ccccc1)C32. The van der Waals surface area contributed by atoms with E-state index >= 15 is 0 Å². The third-order valence-electron chi connectivity index (χ3n) is 11.0. The Labute approximate surface area is 323 Å². The summed E-state index contributed by atoms with van der Waals surface area (Å²) in [6.07, 6.45) is 9.06. The molecule has 0 bridgehead atoms. The van der Waals surface area contributed by atoms with Gasteiger partial charge in [0.2, 0.25) is 5.79 Å². The summed E-state index contributed by atoms with van der Waals surface area (Å²) in [5.74, 6) is -0.217. The lowest BCUT2D eigenvalue weighted by Crippen LogP contribution is -2.69. The van der Waals surface area contributed by atoms with Gasteiger partial charge >= 0.3 is 6.09 Å². The van der Waals surface area contributed by atoms with Crippen LogP contribution in [0.25, 0.3) is 0 Å². The molecule has 0 spiro atoms. The van der Waals surface area contributed by atoms with Crippen molar-refractivity contribution in [2.75, 3.05) is 34.0 Å². The van der Waals surface area contributed by atoms with E-state index in [1.165, 1.54) is 7.11 Å². The minimum absolute atomic E-state index is 0.0554. The first-order valence-corrected chi connectivity index (χ1v) is 19.2. The quantitative estimate of drug-likeness (QED) is 0.0577. The van der Waals surface area contributed by atoms with E-state index in [1.807, 2.05) is 48.5 Å². The summed E-state index contributed by atoms with van der Waals surface area (Å²) in [5, 5.41) is 24.2. The molecule has 3 aromatic rings. The van der Waals surface area contributed by atoms with Crippen LogP contribution in [0.15, 0.2) is 102 Å². The Hall–Kier alpha value is -4.97. The van der Waals surface area contributed by atoms with Crippen molar-refractivity contribution in [2.45, 2.75) is 69.3 Å². The van der Waals surface area contributed by atoms with E-state index < -0.39 is 23.8 Å². The molecule has 3 aliphatic rings. The van der Waals surface area contributed by atoms with Gasteiger partial charge in [0, 0.05) is 43.7 Å². The molecular formula is C44H52N2O9. The van der Waals surface area contributed by atoms with Gasteiger partial charge in [-0.1, -0.05) is 72.6 Å². The molecule has 11 heteroatoms. The number of aldehydes is 1. The van der Waals surface area contributed by atoms with Crippen LogP contribution in [0.1, 0.15) is 72.3 Å². The zero-order valence-electron chi connectivity index (χ0n) is 31.7. The zero-order chi connectivity index (χ0) is 38.8. The van der Waals surface area contributed by atoms with Gasteiger partial charge in [0.05, 0.1) is 18.2 Å². The summed E-state index contributed by atoms with van der Waals surface area (Å²) < 4.78 is 26.3. The van der Waals surface area contributed by atoms with Gasteiger partial charge in [0.25, 0.3) is 0 Å². The first kappa shape index (κ1) is 39.7. The van der Waals surface area contributed by atoms with Crippen molar-refractivity contribution in [1.82, 2.24) is 4.90 Å². The van der Waals surface area contributed by atoms with Gasteiger partial charge in [-0.05, 0) is 79.0 Å². The molecule has 2 aliphatic carbocycles. The number of ether oxygens (including phenoxy) is 4. The van der Waals surface area contributed by atoms with Crippen LogP contribution in [0.2, 0.25) is 0 Å². The average molecular weight is 753 g/mol. The summed E-state index contributed by atoms with van der Waals surface area (Å²) in [6, 6.07) is 21.5. The number of amides is 1. The lowest BCUT2D eigenvalue weighted by Gasteiger charge is -2.59. The fourth-order valence-corrected chi connectivity index (χ4v) is 8.64. The molecular weight excluding hydrogens is 700 g/mol. The molecule has 1 aliphatic heterocycles. The van der Waals surface area contributed by atoms with E-state index in [4.69, 9.17) is 23.8 Å². The normalized spacial score (nSPS) is 24.4. The Morgan fingerprint density at radius 3 is 2.49 bits per heavy atom. The standard InChI is InChI=1S/C44H52N2O9/c1-4-23-53-44-40(46(2)43(50)52-29-30-13-6-5-7-14-30)27-38(45-51-3)36-25-32(16-8-10-21-47)35(18-9-11-22-48)41(42(36)44)37-26-34(19-20-39(37)55-44)54-33-17-12-15-31(24-33)28-49/h4-7,12-15,17,19-20,24-26,28,32,35,40-42,47-48H,1,8-11,16,18,21-23,27,29H2,2-3H3. The zero-order valence-corrected chi connectivity index (χ0v) is 31.7. The first-order chi connectivity index (χ1) is 26.9. The van der Waals surface area contributed by atoms with Crippen molar-refractivity contribution in [3.05, 3.63) is 114 Å². The number of oxime groups is 1. The molecule has 3 aromatic carbocycles. The monoisotopic (exact) mass is 752 g/mol. The topological polar surface area (TPSA) is 136 Å². The Bertz CT molecular complexity index is 1850. The number of aliphatic hydroxyl groups is 2. The van der Waals surface area contributed by atoms with Crippen LogP contribution in [0, 0.1) is 17.8 Å². The summed E-state index contributed by atoms with van der Waals surface area (Å²) in [5.41, 5.74) is 3.91. The van der Waals surface area contributed by atoms with E-state index in [2.05, 4.69) is 17.8 Å². The summed E-state index contributed by atoms with van der Waals surface area (Å²) in [4.78, 5) is 32.6. The summed E-state index contributed by atoms with van der Waals surface area (Å²) >= 11 is 0. The van der Waals surface area contributed by atoms with Gasteiger partial charge in [0.1, 0.15) is 43.3 Å². The molecule has 0 radical (unpaired) electrons. The highest BCUT2D eigenvalue weighted by atomic mass is 16.7. The molecule has 1 heterocycles. The van der Waals surface area contributed by atoms with Crippen molar-refractivity contribution in [3.8, 4) is 17.2 Å². The molecule has 6 unspecified atom stereocenters. The molecule has 2 N–H and O–H groups in total. The molecule has 6 atom stereocenters. The molecule has 1 fully saturated rings. The minimum Gasteiger partial charge on any atom is -0.459 e. The molecule has 1 saturated carbocycles. The smallest absolute Gasteiger partial charge is 0.410 e. The lowest BCUT2D eigenvalue weighted by molar-refractivity contribution is -0.253. The number of benzene rings is 3. The van der Waals surface area contributed by atoms with Crippen LogP contribution in [0.4, 0.5) is 4.79 Å². The van der Waals surface area contributed by atoms with Crippen molar-refractivity contribution in [3.63, 3.8) is 0 Å². The number of nitrogens with zero attached hydrogens (tertiary/aromatic N) is 2. The number of carbonyl (C=O) groups excluding carboxylic acids is 2. The number of unbranched alkanes of at least 4 members (excludes halogenated alkanes) is 2. The summed E-state index contributed by atoms with van der Waals surface area (Å²) in [7, 11) is 3.22. The van der Waals surface area contributed by atoms with Crippen molar-refractivity contribution in [2.24, 2.45) is 22.9 Å². The highest BCUT2D eigenvalue weighted by molar-refractivity contribution is 6.02. The molecule has 1 amide bonds. The molecule has 55 heavy (non-hydrogen) atoms. The van der Waals surface area contributed by atoms with Crippen molar-refractivity contribution < 1.29 is 43.6 Å². The number of hydrogen-bond donors (Lipinski definition) is 2. The second kappa shape index (κ2) is 18.6. The number of fused-ring (bicyclic) bond motifs is 2. The lowest BCUT2D eigenvalue weighted by atomic mass is 9.55. The van der Waals surface area contributed by atoms with Crippen LogP contribution in [-0.2, 0) is 20.9 Å². The van der Waals surface area contributed by atoms with Crippen molar-refractivity contribution >= 4 is 18.1 Å². The van der Waals surface area contributed by atoms with E-state index in [1.54, 1.807) is 42.3 Å². The van der Waals surface area contributed by atoms with Crippen LogP contribution in [0.5, 0.6) is 17.2 Å². The third-order valence-corrected chi connectivity index (χ3v) is 11.0. The fourth-order valence-electron chi connectivity index (χ4n) is 8.64. The van der Waals surface area contributed by atoms with Crippen LogP contribution in [-0.4, -0.2) is 79.0 Å². The van der Waals surface area contributed by atoms with Gasteiger partial charge in [-0.2, -0.15) is 0 Å². The van der Waals surface area contributed by atoms with E-state index in [-0.39, 0.29) is 50.6 Å². The Morgan fingerprint density at radius 1 is 1.00 bits per heavy atom. The average Bonchev–Trinajstić information content (AvgIpc) is 3.21. The molecule has 0 saturated heterocycles. The number of aliphatic hydroxyl groups excluding tert-OH is 2. The van der Waals surface area contributed by atoms with E-state index in [0.29, 0.717) is 41.4 Å². The fraction of sp³-hybridized carbons (Fsp3) is 0.432. The number of likely N-dealkylation sites (N-methyl/N-ethyl adjacent to an activating group) is 1. The van der Waals surface area contributed by atoms with Gasteiger partial charge in [-0.3, -0.25) is 4.79 Å². The van der Waals surface area contributed by atoms with Crippen molar-refractivity contribution in [1.29, 1.82) is 0 Å². The van der Waals surface area contributed by atoms with Gasteiger partial charge in [-0.25, -0.2) is 4.79 Å².